The van der Waals surface area contributed by atoms with Gasteiger partial charge in [-0.3, -0.25) is 4.79 Å². The number of rotatable bonds is 5. The van der Waals surface area contributed by atoms with Gasteiger partial charge in [0.15, 0.2) is 6.61 Å². The van der Waals surface area contributed by atoms with Crippen molar-refractivity contribution in [3.05, 3.63) is 59.2 Å². The third-order valence-electron chi connectivity index (χ3n) is 5.25. The Labute approximate surface area is 188 Å². The Bertz CT molecular complexity index is 1110. The van der Waals surface area contributed by atoms with Crippen LogP contribution in [0.5, 0.6) is 5.75 Å². The summed E-state index contributed by atoms with van der Waals surface area (Å²) < 4.78 is 45.0. The molecule has 1 saturated heterocycles. The van der Waals surface area contributed by atoms with Gasteiger partial charge in [-0.15, -0.1) is 0 Å². The molecule has 1 amide bonds. The summed E-state index contributed by atoms with van der Waals surface area (Å²) in [5.74, 6) is -0.600. The highest BCUT2D eigenvalue weighted by atomic mass is 35.5. The molecule has 1 aliphatic heterocycles. The quantitative estimate of drug-likeness (QED) is 0.510. The average Bonchev–Trinajstić information content (AvgIpc) is 2.78. The molecular formula is C23H21ClF3N3O2. The molecule has 168 valence electrons. The minimum Gasteiger partial charge on any atom is -0.483 e. The van der Waals surface area contributed by atoms with Crippen LogP contribution in [0.3, 0.4) is 0 Å². The van der Waals surface area contributed by atoms with Crippen molar-refractivity contribution in [2.24, 2.45) is 0 Å². The van der Waals surface area contributed by atoms with E-state index in [9.17, 15) is 18.0 Å². The van der Waals surface area contributed by atoms with Gasteiger partial charge in [0.25, 0.3) is 5.91 Å². The number of alkyl halides is 3. The molecule has 0 unspecified atom stereocenters. The molecule has 1 aromatic heterocycles. The lowest BCUT2D eigenvalue weighted by Gasteiger charge is -2.28. The maximum atomic E-state index is 13.2. The van der Waals surface area contributed by atoms with Gasteiger partial charge < -0.3 is 15.0 Å². The fourth-order valence-electron chi connectivity index (χ4n) is 3.68. The number of pyridine rings is 1. The fraction of sp³-hybridized carbons (Fsp3) is 0.304. The van der Waals surface area contributed by atoms with E-state index in [0.717, 1.165) is 24.8 Å². The highest BCUT2D eigenvalue weighted by Gasteiger charge is 2.33. The molecule has 0 radical (unpaired) electrons. The third-order valence-corrected chi connectivity index (χ3v) is 5.49. The van der Waals surface area contributed by atoms with Crippen LogP contribution >= 0.6 is 11.6 Å². The number of nitrogens with one attached hydrogen (secondary N) is 1. The van der Waals surface area contributed by atoms with Gasteiger partial charge in [0.05, 0.1) is 5.52 Å². The number of hydrogen-bond donors (Lipinski definition) is 1. The van der Waals surface area contributed by atoms with E-state index in [1.165, 1.54) is 37.5 Å². The zero-order valence-corrected chi connectivity index (χ0v) is 17.8. The van der Waals surface area contributed by atoms with Crippen molar-refractivity contribution in [2.45, 2.75) is 25.4 Å². The minimum absolute atomic E-state index is 0.0768. The summed E-state index contributed by atoms with van der Waals surface area (Å²) in [7, 11) is 0. The first kappa shape index (κ1) is 22.2. The number of benzene rings is 2. The Morgan fingerprint density at radius 3 is 2.47 bits per heavy atom. The molecule has 32 heavy (non-hydrogen) atoms. The number of nitrogens with zero attached hydrogens (tertiary/aromatic N) is 2. The predicted octanol–water partition coefficient (Wildman–Crippen LogP) is 5.91. The summed E-state index contributed by atoms with van der Waals surface area (Å²) in [6, 6.07) is 12.5. The Morgan fingerprint density at radius 2 is 1.78 bits per heavy atom. The number of carbonyl (C=O) groups excluding carboxylic acids is 1. The third kappa shape index (κ3) is 5.24. The Kier molecular flexibility index (Phi) is 6.41. The second kappa shape index (κ2) is 9.24. The van der Waals surface area contributed by atoms with Crippen molar-refractivity contribution in [2.75, 3.05) is 29.9 Å². The standard InChI is InChI=1S/C23H21ClF3N3O2/c24-15-4-9-19-18(12-15)20(13-21(29-19)23(25,26)27)32-14-22(31)28-16-5-7-17(8-6-16)30-10-2-1-3-11-30/h4-9,12-13H,1-3,10-11,14H2,(H,28,31). The van der Waals surface area contributed by atoms with Crippen molar-refractivity contribution in [3.8, 4) is 5.75 Å². The minimum atomic E-state index is -4.65. The van der Waals surface area contributed by atoms with Gasteiger partial charge in [0, 0.05) is 40.9 Å². The van der Waals surface area contributed by atoms with Gasteiger partial charge in [-0.2, -0.15) is 13.2 Å². The Hall–Kier alpha value is -3.00. The number of fused-ring (bicyclic) bond motifs is 1. The molecule has 2 heterocycles. The summed E-state index contributed by atoms with van der Waals surface area (Å²) in [5.41, 5.74) is 0.653. The molecule has 4 rings (SSSR count). The lowest BCUT2D eigenvalue weighted by Crippen LogP contribution is -2.29. The van der Waals surface area contributed by atoms with Crippen molar-refractivity contribution < 1.29 is 22.7 Å². The van der Waals surface area contributed by atoms with Crippen LogP contribution in [0.15, 0.2) is 48.5 Å². The van der Waals surface area contributed by atoms with Crippen LogP contribution in [0.2, 0.25) is 5.02 Å². The van der Waals surface area contributed by atoms with E-state index in [-0.39, 0.29) is 11.3 Å². The summed E-state index contributed by atoms with van der Waals surface area (Å²) in [6.07, 6.45) is -1.07. The van der Waals surface area contributed by atoms with Crippen LogP contribution < -0.4 is 15.0 Å². The molecule has 2 aromatic carbocycles. The number of aromatic nitrogens is 1. The number of halogens is 4. The maximum absolute atomic E-state index is 13.2. The lowest BCUT2D eigenvalue weighted by molar-refractivity contribution is -0.141. The maximum Gasteiger partial charge on any atom is 0.433 e. The summed E-state index contributed by atoms with van der Waals surface area (Å²) in [4.78, 5) is 18.3. The Morgan fingerprint density at radius 1 is 1.06 bits per heavy atom. The molecule has 0 spiro atoms. The smallest absolute Gasteiger partial charge is 0.433 e. The van der Waals surface area contributed by atoms with Crippen molar-refractivity contribution in [1.29, 1.82) is 0 Å². The van der Waals surface area contributed by atoms with Crippen LogP contribution in [0, 0.1) is 0 Å². The normalized spacial score (nSPS) is 14.4. The van der Waals surface area contributed by atoms with E-state index in [0.29, 0.717) is 16.1 Å². The zero-order chi connectivity index (χ0) is 22.7. The number of anilines is 2. The zero-order valence-electron chi connectivity index (χ0n) is 17.1. The van der Waals surface area contributed by atoms with E-state index in [2.05, 4.69) is 15.2 Å². The highest BCUT2D eigenvalue weighted by Crippen LogP contribution is 2.35. The first-order chi connectivity index (χ1) is 15.3. The van der Waals surface area contributed by atoms with Gasteiger partial charge >= 0.3 is 6.18 Å². The summed E-state index contributed by atoms with van der Waals surface area (Å²) in [6.45, 7) is 1.57. The molecule has 0 bridgehead atoms. The monoisotopic (exact) mass is 463 g/mol. The van der Waals surface area contributed by atoms with Crippen LogP contribution in [0.25, 0.3) is 10.9 Å². The van der Waals surface area contributed by atoms with Gasteiger partial charge in [-0.05, 0) is 61.7 Å². The molecule has 1 aliphatic rings. The lowest BCUT2D eigenvalue weighted by atomic mass is 10.1. The number of amides is 1. The van der Waals surface area contributed by atoms with Crippen LogP contribution in [0.1, 0.15) is 25.0 Å². The van der Waals surface area contributed by atoms with E-state index in [1.807, 2.05) is 12.1 Å². The topological polar surface area (TPSA) is 54.5 Å². The van der Waals surface area contributed by atoms with E-state index in [4.69, 9.17) is 16.3 Å². The number of hydrogen-bond acceptors (Lipinski definition) is 4. The second-order valence-electron chi connectivity index (χ2n) is 7.60. The Balaban J connectivity index is 1.45. The summed E-state index contributed by atoms with van der Waals surface area (Å²) in [5, 5.41) is 3.32. The predicted molar refractivity (Wildman–Crippen MR) is 118 cm³/mol. The molecule has 1 fully saturated rings. The molecular weight excluding hydrogens is 443 g/mol. The van der Waals surface area contributed by atoms with E-state index < -0.39 is 24.4 Å². The van der Waals surface area contributed by atoms with Crippen molar-refractivity contribution in [1.82, 2.24) is 4.98 Å². The molecule has 0 aliphatic carbocycles. The first-order valence-corrected chi connectivity index (χ1v) is 10.6. The first-order valence-electron chi connectivity index (χ1n) is 10.2. The SMILES string of the molecule is O=C(COc1cc(C(F)(F)F)nc2ccc(Cl)cc12)Nc1ccc(N2CCCCC2)cc1. The molecule has 1 N–H and O–H groups in total. The average molecular weight is 464 g/mol. The fourth-order valence-corrected chi connectivity index (χ4v) is 3.85. The van der Waals surface area contributed by atoms with Gasteiger partial charge in [-0.1, -0.05) is 11.6 Å². The number of piperidine rings is 1. The number of carbonyl (C=O) groups is 1. The van der Waals surface area contributed by atoms with Gasteiger partial charge in [0.2, 0.25) is 0 Å². The van der Waals surface area contributed by atoms with E-state index in [1.54, 1.807) is 12.1 Å². The molecule has 3 aromatic rings. The van der Waals surface area contributed by atoms with Crippen molar-refractivity contribution in [3.63, 3.8) is 0 Å². The van der Waals surface area contributed by atoms with Crippen LogP contribution in [0.4, 0.5) is 24.5 Å². The highest BCUT2D eigenvalue weighted by molar-refractivity contribution is 6.31. The second-order valence-corrected chi connectivity index (χ2v) is 8.03. The van der Waals surface area contributed by atoms with Gasteiger partial charge in [-0.25, -0.2) is 4.98 Å². The summed E-state index contributed by atoms with van der Waals surface area (Å²) >= 11 is 5.97. The van der Waals surface area contributed by atoms with Crippen molar-refractivity contribution >= 4 is 39.8 Å². The molecule has 9 heteroatoms. The van der Waals surface area contributed by atoms with E-state index >= 15 is 0 Å². The molecule has 5 nitrogen and oxygen atoms in total. The molecule has 0 atom stereocenters. The molecule has 0 saturated carbocycles. The van der Waals surface area contributed by atoms with Crippen LogP contribution in [-0.4, -0.2) is 30.6 Å². The van der Waals surface area contributed by atoms with Gasteiger partial charge in [0.1, 0.15) is 11.4 Å². The largest absolute Gasteiger partial charge is 0.483 e. The number of ether oxygens (including phenoxy) is 1. The van der Waals surface area contributed by atoms with Crippen LogP contribution in [-0.2, 0) is 11.0 Å².